The largest absolute Gasteiger partial charge is 0.479 e. The van der Waals surface area contributed by atoms with Crippen molar-refractivity contribution in [2.75, 3.05) is 13.7 Å². The third kappa shape index (κ3) is 8.47. The maximum absolute atomic E-state index is 11.6. The average molecular weight is 292 g/mol. The summed E-state index contributed by atoms with van der Waals surface area (Å²) in [4.78, 5) is 21.7. The lowest BCUT2D eigenvalue weighted by molar-refractivity contribution is -0.140. The molecule has 0 bridgehead atoms. The molecule has 0 heterocycles. The number of rotatable bonds is 9. The normalized spacial score (nSPS) is 11.7. The predicted octanol–water partition coefficient (Wildman–Crippen LogP) is 2.73. The molecule has 0 aromatic rings. The van der Waals surface area contributed by atoms with E-state index in [4.69, 9.17) is 21.7 Å². The van der Waals surface area contributed by atoms with Crippen LogP contribution < -0.4 is 0 Å². The van der Waals surface area contributed by atoms with E-state index in [1.807, 2.05) is 6.92 Å². The van der Waals surface area contributed by atoms with Gasteiger partial charge < -0.3 is 14.3 Å². The lowest BCUT2D eigenvalue weighted by atomic mass is 10.1. The van der Waals surface area contributed by atoms with Crippen LogP contribution in [0.2, 0.25) is 0 Å². The zero-order chi connectivity index (χ0) is 13.8. The van der Waals surface area contributed by atoms with Crippen LogP contribution in [0, 0.1) is 0 Å². The first-order valence-corrected chi connectivity index (χ1v) is 7.29. The first kappa shape index (κ1) is 17.4. The van der Waals surface area contributed by atoms with Crippen LogP contribution in [0.15, 0.2) is 0 Å². The van der Waals surface area contributed by atoms with Gasteiger partial charge in [-0.05, 0) is 32.0 Å². The van der Waals surface area contributed by atoms with Crippen LogP contribution in [-0.4, -0.2) is 35.6 Å². The van der Waals surface area contributed by atoms with Crippen molar-refractivity contribution in [3.05, 3.63) is 0 Å². The van der Waals surface area contributed by atoms with Gasteiger partial charge in [-0.15, -0.1) is 0 Å². The van der Waals surface area contributed by atoms with E-state index in [1.165, 1.54) is 18.9 Å². The maximum atomic E-state index is 11.6. The van der Waals surface area contributed by atoms with Crippen LogP contribution in [0.3, 0.4) is 0 Å². The molecule has 4 nitrogen and oxygen atoms in total. The Morgan fingerprint density at radius 1 is 1.39 bits per heavy atom. The van der Waals surface area contributed by atoms with E-state index in [0.717, 1.165) is 25.5 Å². The van der Waals surface area contributed by atoms with Gasteiger partial charge in [0.1, 0.15) is 11.5 Å². The zero-order valence-electron chi connectivity index (χ0n) is 10.8. The minimum absolute atomic E-state index is 0.280. The van der Waals surface area contributed by atoms with Crippen molar-refractivity contribution >= 4 is 40.6 Å². The van der Waals surface area contributed by atoms with Gasteiger partial charge in [0.05, 0.1) is 13.7 Å². The fourth-order valence-electron chi connectivity index (χ4n) is 1.36. The van der Waals surface area contributed by atoms with Gasteiger partial charge in [0.15, 0.2) is 0 Å². The number of aldehydes is 1. The molecular weight excluding hydrogens is 272 g/mol. The number of carbonyl (C=O) groups is 2. The number of carbonyl (C=O) groups excluding carboxylic acids is 2. The van der Waals surface area contributed by atoms with E-state index >= 15 is 0 Å². The molecule has 0 aliphatic heterocycles. The number of ether oxygens (including phenoxy) is 2. The summed E-state index contributed by atoms with van der Waals surface area (Å²) < 4.78 is 10.3. The molecule has 0 spiro atoms. The van der Waals surface area contributed by atoms with Crippen LogP contribution in [-0.2, 0) is 19.1 Å². The summed E-state index contributed by atoms with van der Waals surface area (Å²) in [5, 5.41) is -0.315. The lowest BCUT2D eigenvalue weighted by Crippen LogP contribution is -2.21. The fraction of sp³-hybridized carbons (Fsp3) is 0.750. The topological polar surface area (TPSA) is 52.6 Å². The molecule has 0 aliphatic rings. The molecule has 1 atom stereocenters. The Morgan fingerprint density at radius 2 is 2.11 bits per heavy atom. The minimum atomic E-state index is -0.315. The van der Waals surface area contributed by atoms with Crippen molar-refractivity contribution in [1.29, 1.82) is 0 Å². The molecule has 0 aromatic carbocycles. The van der Waals surface area contributed by atoms with Crippen molar-refractivity contribution in [3.63, 3.8) is 0 Å². The number of methoxy groups -OCH3 is 1. The fourth-order valence-corrected chi connectivity index (χ4v) is 2.72. The van der Waals surface area contributed by atoms with Crippen LogP contribution in [0.25, 0.3) is 0 Å². The molecule has 104 valence electrons. The third-order valence-corrected chi connectivity index (χ3v) is 3.68. The van der Waals surface area contributed by atoms with Crippen molar-refractivity contribution < 1.29 is 19.1 Å². The second-order valence-corrected chi connectivity index (χ2v) is 5.42. The van der Waals surface area contributed by atoms with Gasteiger partial charge in [0.25, 0.3) is 0 Å². The molecule has 0 rings (SSSR count). The molecule has 1 unspecified atom stereocenters. The van der Waals surface area contributed by atoms with E-state index in [9.17, 15) is 9.59 Å². The zero-order valence-corrected chi connectivity index (χ0v) is 12.5. The van der Waals surface area contributed by atoms with Crippen molar-refractivity contribution in [3.8, 4) is 0 Å². The Bertz CT molecular complexity index is 269. The Kier molecular flexibility index (Phi) is 11.1. The molecule has 18 heavy (non-hydrogen) atoms. The Labute approximate surface area is 118 Å². The summed E-state index contributed by atoms with van der Waals surface area (Å²) in [5.74, 6) is -0.280. The van der Waals surface area contributed by atoms with Crippen molar-refractivity contribution in [2.45, 2.75) is 44.3 Å². The predicted molar refractivity (Wildman–Crippen MR) is 76.8 cm³/mol. The number of thioether (sulfide) groups is 1. The number of thiocarbonyl (C=S) groups is 1. The van der Waals surface area contributed by atoms with Crippen LogP contribution in [0.5, 0.6) is 0 Å². The highest BCUT2D eigenvalue weighted by Crippen LogP contribution is 2.22. The van der Waals surface area contributed by atoms with Crippen molar-refractivity contribution in [2.24, 2.45) is 0 Å². The van der Waals surface area contributed by atoms with E-state index in [0.29, 0.717) is 23.8 Å². The second-order valence-electron chi connectivity index (χ2n) is 3.62. The van der Waals surface area contributed by atoms with E-state index in [-0.39, 0.29) is 11.2 Å². The third-order valence-electron chi connectivity index (χ3n) is 2.25. The van der Waals surface area contributed by atoms with Crippen molar-refractivity contribution in [1.82, 2.24) is 0 Å². The first-order chi connectivity index (χ1) is 8.65. The van der Waals surface area contributed by atoms with Gasteiger partial charge in [-0.3, -0.25) is 4.79 Å². The second kappa shape index (κ2) is 11.5. The van der Waals surface area contributed by atoms with Crippen LogP contribution >= 0.6 is 24.0 Å². The molecule has 0 N–H and O–H groups in total. The highest BCUT2D eigenvalue weighted by Gasteiger charge is 2.21. The van der Waals surface area contributed by atoms with Gasteiger partial charge in [-0.1, -0.05) is 24.6 Å². The number of esters is 1. The Balaban J connectivity index is 4.03. The molecule has 0 fully saturated rings. The summed E-state index contributed by atoms with van der Waals surface area (Å²) in [7, 11) is 1.37. The molecule has 6 heteroatoms. The van der Waals surface area contributed by atoms with Gasteiger partial charge >= 0.3 is 5.97 Å². The van der Waals surface area contributed by atoms with E-state index < -0.39 is 0 Å². The lowest BCUT2D eigenvalue weighted by Gasteiger charge is -2.14. The number of hydrogen-bond acceptors (Lipinski definition) is 6. The number of hydrogen-bond donors (Lipinski definition) is 0. The van der Waals surface area contributed by atoms with Gasteiger partial charge in [-0.25, -0.2) is 0 Å². The number of unbranched alkanes of at least 4 members (excludes halogenated alkanes) is 3. The Hall–Kier alpha value is -0.620. The smallest absolute Gasteiger partial charge is 0.319 e. The van der Waals surface area contributed by atoms with Crippen LogP contribution in [0.1, 0.15) is 39.0 Å². The summed E-state index contributed by atoms with van der Waals surface area (Å²) >= 11 is 6.23. The van der Waals surface area contributed by atoms with E-state index in [1.54, 1.807) is 0 Å². The molecule has 0 amide bonds. The summed E-state index contributed by atoms with van der Waals surface area (Å²) in [6.45, 7) is 2.35. The van der Waals surface area contributed by atoms with Gasteiger partial charge in [-0.2, -0.15) is 0 Å². The van der Waals surface area contributed by atoms with Gasteiger partial charge in [0.2, 0.25) is 4.38 Å². The van der Waals surface area contributed by atoms with Gasteiger partial charge in [0, 0.05) is 6.42 Å². The average Bonchev–Trinajstić information content (AvgIpc) is 2.36. The SMILES string of the molecule is CCOC(=S)SC(CCCCCC=O)C(=O)OC. The molecular formula is C12H20O4S2. The highest BCUT2D eigenvalue weighted by molar-refractivity contribution is 8.23. The maximum Gasteiger partial charge on any atom is 0.319 e. The summed E-state index contributed by atoms with van der Waals surface area (Å²) in [6.07, 6.45) is 4.83. The minimum Gasteiger partial charge on any atom is -0.479 e. The molecule has 0 aliphatic carbocycles. The standard InChI is InChI=1S/C12H20O4S2/c1-3-16-12(17)18-10(11(14)15-2)8-6-4-5-7-9-13/h9-10H,3-8H2,1-2H3. The van der Waals surface area contributed by atoms with E-state index in [2.05, 4.69) is 0 Å². The Morgan fingerprint density at radius 3 is 2.67 bits per heavy atom. The quantitative estimate of drug-likeness (QED) is 0.282. The summed E-state index contributed by atoms with van der Waals surface area (Å²) in [5.41, 5.74) is 0. The molecule has 0 saturated heterocycles. The first-order valence-electron chi connectivity index (χ1n) is 6.00. The highest BCUT2D eigenvalue weighted by atomic mass is 32.2. The molecule has 0 saturated carbocycles. The summed E-state index contributed by atoms with van der Waals surface area (Å²) in [6, 6.07) is 0. The molecule has 0 radical (unpaired) electrons. The monoisotopic (exact) mass is 292 g/mol. The molecule has 0 aromatic heterocycles. The van der Waals surface area contributed by atoms with Crippen LogP contribution in [0.4, 0.5) is 0 Å².